The van der Waals surface area contributed by atoms with Gasteiger partial charge in [-0.15, -0.1) is 0 Å². The second kappa shape index (κ2) is 7.34. The zero-order valence-electron chi connectivity index (χ0n) is 15.6. The standard InChI is InChI=1S/C19H31N3O3/c1-14(2)22-16(19(18(22)25)9-4-3-5-10-19)17(24)20-11-7-13-21-12-6-8-15(21)23/h14,16H,3-13H2,1-2H3,(H,20,24). The summed E-state index contributed by atoms with van der Waals surface area (Å²) in [5.74, 6) is 0.385. The molecule has 3 amide bonds. The third kappa shape index (κ3) is 3.27. The first kappa shape index (κ1) is 18.2. The van der Waals surface area contributed by atoms with Gasteiger partial charge in [0.1, 0.15) is 6.04 Å². The van der Waals surface area contributed by atoms with Gasteiger partial charge in [-0.25, -0.2) is 0 Å². The van der Waals surface area contributed by atoms with Crippen LogP contribution in [-0.4, -0.2) is 59.2 Å². The van der Waals surface area contributed by atoms with Gasteiger partial charge in [0.15, 0.2) is 0 Å². The molecule has 25 heavy (non-hydrogen) atoms. The van der Waals surface area contributed by atoms with E-state index >= 15 is 0 Å². The summed E-state index contributed by atoms with van der Waals surface area (Å²) in [5.41, 5.74) is -0.447. The molecule has 0 radical (unpaired) electrons. The second-order valence-corrected chi connectivity index (χ2v) is 8.05. The van der Waals surface area contributed by atoms with Crippen LogP contribution in [0.5, 0.6) is 0 Å². The van der Waals surface area contributed by atoms with E-state index in [4.69, 9.17) is 0 Å². The zero-order chi connectivity index (χ0) is 18.0. The summed E-state index contributed by atoms with van der Waals surface area (Å²) in [6.07, 6.45) is 7.30. The predicted octanol–water partition coefficient (Wildman–Crippen LogP) is 1.68. The molecule has 140 valence electrons. The van der Waals surface area contributed by atoms with E-state index in [1.54, 1.807) is 4.90 Å². The van der Waals surface area contributed by atoms with Crippen LogP contribution in [0.4, 0.5) is 0 Å². The monoisotopic (exact) mass is 349 g/mol. The fraction of sp³-hybridized carbons (Fsp3) is 0.842. The number of rotatable bonds is 6. The molecule has 1 atom stereocenters. The van der Waals surface area contributed by atoms with E-state index < -0.39 is 5.41 Å². The van der Waals surface area contributed by atoms with E-state index in [2.05, 4.69) is 5.32 Å². The molecule has 6 nitrogen and oxygen atoms in total. The van der Waals surface area contributed by atoms with Crippen LogP contribution in [-0.2, 0) is 14.4 Å². The van der Waals surface area contributed by atoms with Crippen molar-refractivity contribution in [1.82, 2.24) is 15.1 Å². The maximum atomic E-state index is 12.8. The lowest BCUT2D eigenvalue weighted by atomic mass is 9.61. The molecule has 1 aliphatic carbocycles. The third-order valence-electron chi connectivity index (χ3n) is 6.09. The minimum Gasteiger partial charge on any atom is -0.354 e. The molecule has 1 spiro atoms. The van der Waals surface area contributed by atoms with Crippen molar-refractivity contribution in [2.75, 3.05) is 19.6 Å². The van der Waals surface area contributed by atoms with Crippen molar-refractivity contribution < 1.29 is 14.4 Å². The molecular formula is C19H31N3O3. The third-order valence-corrected chi connectivity index (χ3v) is 6.09. The van der Waals surface area contributed by atoms with Gasteiger partial charge >= 0.3 is 0 Å². The van der Waals surface area contributed by atoms with E-state index in [-0.39, 0.29) is 29.8 Å². The number of hydrogen-bond donors (Lipinski definition) is 1. The number of likely N-dealkylation sites (tertiary alicyclic amines) is 2. The lowest BCUT2D eigenvalue weighted by molar-refractivity contribution is -0.185. The predicted molar refractivity (Wildman–Crippen MR) is 94.7 cm³/mol. The Morgan fingerprint density at radius 1 is 1.20 bits per heavy atom. The van der Waals surface area contributed by atoms with Gasteiger partial charge in [-0.2, -0.15) is 0 Å². The van der Waals surface area contributed by atoms with Crippen LogP contribution in [0.1, 0.15) is 65.2 Å². The SMILES string of the molecule is CC(C)N1C(=O)C2(CCCCC2)C1C(=O)NCCCN1CCCC1=O. The lowest BCUT2D eigenvalue weighted by Gasteiger charge is -2.58. The number of amides is 3. The van der Waals surface area contributed by atoms with Gasteiger partial charge in [-0.05, 0) is 39.5 Å². The van der Waals surface area contributed by atoms with Crippen molar-refractivity contribution in [3.63, 3.8) is 0 Å². The largest absolute Gasteiger partial charge is 0.354 e. The van der Waals surface area contributed by atoms with E-state index in [1.165, 1.54) is 0 Å². The molecule has 3 fully saturated rings. The van der Waals surface area contributed by atoms with Gasteiger partial charge in [0.2, 0.25) is 17.7 Å². The highest BCUT2D eigenvalue weighted by Crippen LogP contribution is 2.50. The summed E-state index contributed by atoms with van der Waals surface area (Å²) in [5, 5.41) is 3.03. The molecule has 1 N–H and O–H groups in total. The molecule has 2 heterocycles. The molecule has 2 aliphatic heterocycles. The van der Waals surface area contributed by atoms with Gasteiger partial charge in [0, 0.05) is 32.1 Å². The van der Waals surface area contributed by atoms with Gasteiger partial charge in [-0.3, -0.25) is 14.4 Å². The topological polar surface area (TPSA) is 69.7 Å². The summed E-state index contributed by atoms with van der Waals surface area (Å²) in [4.78, 5) is 40.8. The Morgan fingerprint density at radius 3 is 2.52 bits per heavy atom. The molecule has 0 aromatic heterocycles. The van der Waals surface area contributed by atoms with Gasteiger partial charge in [0.25, 0.3) is 0 Å². The number of nitrogens with one attached hydrogen (secondary N) is 1. The summed E-state index contributed by atoms with van der Waals surface area (Å²) in [6, 6.07) is -0.258. The van der Waals surface area contributed by atoms with Crippen molar-refractivity contribution in [3.8, 4) is 0 Å². The first-order chi connectivity index (χ1) is 12.0. The van der Waals surface area contributed by atoms with Gasteiger partial charge in [-0.1, -0.05) is 19.3 Å². The van der Waals surface area contributed by atoms with Crippen LogP contribution in [0.25, 0.3) is 0 Å². The van der Waals surface area contributed by atoms with Crippen LogP contribution < -0.4 is 5.32 Å². The number of nitrogens with zero attached hydrogens (tertiary/aromatic N) is 2. The normalized spacial score (nSPS) is 25.6. The molecule has 0 bridgehead atoms. The van der Waals surface area contributed by atoms with Crippen LogP contribution >= 0.6 is 0 Å². The minimum absolute atomic E-state index is 0.0112. The van der Waals surface area contributed by atoms with Crippen LogP contribution in [0.3, 0.4) is 0 Å². The van der Waals surface area contributed by atoms with Crippen molar-refractivity contribution in [3.05, 3.63) is 0 Å². The average Bonchev–Trinajstić information content (AvgIpc) is 3.01. The highest BCUT2D eigenvalue weighted by molar-refractivity contribution is 6.02. The summed E-state index contributed by atoms with van der Waals surface area (Å²) in [6.45, 7) is 6.07. The zero-order valence-corrected chi connectivity index (χ0v) is 15.6. The molecule has 0 aromatic rings. The number of β-lactam (4-membered cyclic amide) rings is 1. The van der Waals surface area contributed by atoms with Crippen molar-refractivity contribution >= 4 is 17.7 Å². The quantitative estimate of drug-likeness (QED) is 0.586. The Hall–Kier alpha value is -1.59. The van der Waals surface area contributed by atoms with Crippen molar-refractivity contribution in [2.24, 2.45) is 5.41 Å². The minimum atomic E-state index is -0.447. The molecule has 6 heteroatoms. The van der Waals surface area contributed by atoms with E-state index in [1.807, 2.05) is 18.7 Å². The Labute approximate surface area is 150 Å². The smallest absolute Gasteiger partial charge is 0.243 e. The molecule has 0 aromatic carbocycles. The molecule has 1 saturated carbocycles. The summed E-state index contributed by atoms with van der Waals surface area (Å²) in [7, 11) is 0. The van der Waals surface area contributed by atoms with Gasteiger partial charge < -0.3 is 15.1 Å². The Balaban J connectivity index is 1.54. The fourth-order valence-electron chi connectivity index (χ4n) is 4.79. The van der Waals surface area contributed by atoms with Crippen LogP contribution in [0.15, 0.2) is 0 Å². The Bertz CT molecular complexity index is 540. The number of hydrogen-bond acceptors (Lipinski definition) is 3. The van der Waals surface area contributed by atoms with Crippen LogP contribution in [0.2, 0.25) is 0 Å². The average molecular weight is 349 g/mol. The molecule has 1 unspecified atom stereocenters. The molecule has 2 saturated heterocycles. The second-order valence-electron chi connectivity index (χ2n) is 8.05. The maximum Gasteiger partial charge on any atom is 0.243 e. The molecule has 3 aliphatic rings. The van der Waals surface area contributed by atoms with E-state index in [0.29, 0.717) is 19.5 Å². The first-order valence-corrected chi connectivity index (χ1v) is 9.85. The summed E-state index contributed by atoms with van der Waals surface area (Å²) < 4.78 is 0. The van der Waals surface area contributed by atoms with E-state index in [9.17, 15) is 14.4 Å². The first-order valence-electron chi connectivity index (χ1n) is 9.85. The molecule has 3 rings (SSSR count). The highest BCUT2D eigenvalue weighted by Gasteiger charge is 2.63. The fourth-order valence-corrected chi connectivity index (χ4v) is 4.79. The number of carbonyl (C=O) groups is 3. The number of carbonyl (C=O) groups excluding carboxylic acids is 3. The van der Waals surface area contributed by atoms with E-state index in [0.717, 1.165) is 51.5 Å². The molecular weight excluding hydrogens is 318 g/mol. The van der Waals surface area contributed by atoms with Gasteiger partial charge in [0.05, 0.1) is 5.41 Å². The lowest BCUT2D eigenvalue weighted by Crippen LogP contribution is -2.75. The Kier molecular flexibility index (Phi) is 5.35. The van der Waals surface area contributed by atoms with Crippen molar-refractivity contribution in [1.29, 1.82) is 0 Å². The van der Waals surface area contributed by atoms with Crippen LogP contribution in [0, 0.1) is 5.41 Å². The summed E-state index contributed by atoms with van der Waals surface area (Å²) >= 11 is 0. The van der Waals surface area contributed by atoms with Crippen molar-refractivity contribution in [2.45, 2.75) is 77.3 Å². The highest BCUT2D eigenvalue weighted by atomic mass is 16.2. The maximum absolute atomic E-state index is 12.8. The Morgan fingerprint density at radius 2 is 1.92 bits per heavy atom.